The van der Waals surface area contributed by atoms with Crippen LogP contribution in [0.4, 0.5) is 0 Å². The topological polar surface area (TPSA) is 237 Å². The van der Waals surface area contributed by atoms with E-state index in [0.717, 1.165) is 115 Å². The molecule has 0 saturated heterocycles. The molecule has 0 heterocycles. The highest BCUT2D eigenvalue weighted by Gasteiger charge is 2.30. The Hall–Kier alpha value is -1.94. The summed E-state index contributed by atoms with van der Waals surface area (Å²) in [4.78, 5) is 72.0. The van der Waals surface area contributed by atoms with Crippen LogP contribution in [-0.2, 0) is 65.4 Å². The van der Waals surface area contributed by atoms with E-state index in [1.807, 2.05) is 0 Å². The lowest BCUT2D eigenvalue weighted by atomic mass is 10.0. The van der Waals surface area contributed by atoms with Gasteiger partial charge in [0.1, 0.15) is 19.3 Å². The molecule has 0 aromatic heterocycles. The number of hydrogen-bond acceptors (Lipinski definition) is 15. The number of ether oxygens (including phenoxy) is 4. The van der Waals surface area contributed by atoms with E-state index in [4.69, 9.17) is 37.0 Å². The SMILES string of the molecule is CCCCCCCCCCCCCCC(=O)OC[C@H](COP(=O)(O)OC[C@@H](O)COP(=O)(O)OC[C@@H](COC(=O)CCCCCCCCC)OC(=O)CCCCCCCCCC)OC(=O)CCCCCCCCCCCCCCCC(C)C. The number of phosphoric acid groups is 2. The van der Waals surface area contributed by atoms with E-state index in [-0.39, 0.29) is 25.7 Å². The number of hydrogen-bond donors (Lipinski definition) is 3. The number of carbonyl (C=O) groups excluding carboxylic acids is 4. The van der Waals surface area contributed by atoms with Crippen molar-refractivity contribution < 1.29 is 80.2 Å². The second kappa shape index (κ2) is 57.8. The third-order valence-corrected chi connectivity index (χ3v) is 16.7. The van der Waals surface area contributed by atoms with Crippen molar-refractivity contribution in [1.29, 1.82) is 0 Å². The second-order valence-corrected chi connectivity index (χ2v) is 26.5. The number of aliphatic hydroxyl groups is 1. The van der Waals surface area contributed by atoms with E-state index < -0.39 is 97.5 Å². The molecule has 0 aliphatic carbocycles. The van der Waals surface area contributed by atoms with Crippen LogP contribution in [0.2, 0.25) is 0 Å². The van der Waals surface area contributed by atoms with Crippen molar-refractivity contribution in [3.63, 3.8) is 0 Å². The molecule has 0 radical (unpaired) electrons. The van der Waals surface area contributed by atoms with Crippen molar-refractivity contribution in [2.24, 2.45) is 5.92 Å². The summed E-state index contributed by atoms with van der Waals surface area (Å²) in [6.07, 6.45) is 41.8. The molecule has 0 rings (SSSR count). The fraction of sp³-hybridized carbons (Fsp3) is 0.938. The van der Waals surface area contributed by atoms with Gasteiger partial charge in [-0.1, -0.05) is 272 Å². The zero-order valence-corrected chi connectivity index (χ0v) is 55.1. The summed E-state index contributed by atoms with van der Waals surface area (Å²) in [7, 11) is -9.88. The predicted molar refractivity (Wildman–Crippen MR) is 331 cm³/mol. The summed E-state index contributed by atoms with van der Waals surface area (Å²) in [5.74, 6) is -1.35. The molecule has 2 unspecified atom stereocenters. The lowest BCUT2D eigenvalue weighted by Gasteiger charge is -2.21. The largest absolute Gasteiger partial charge is 0.472 e. The van der Waals surface area contributed by atoms with Crippen molar-refractivity contribution in [3.8, 4) is 0 Å². The Bertz CT molecular complexity index is 1620. The van der Waals surface area contributed by atoms with Gasteiger partial charge in [0, 0.05) is 25.7 Å². The first kappa shape index (κ1) is 81.1. The maximum Gasteiger partial charge on any atom is 0.472 e. The van der Waals surface area contributed by atoms with Crippen LogP contribution in [0.15, 0.2) is 0 Å². The van der Waals surface area contributed by atoms with Gasteiger partial charge in [-0.3, -0.25) is 37.3 Å². The average Bonchev–Trinajstić information content (AvgIpc) is 3.45. The number of unbranched alkanes of at least 4 members (excludes halogenated alkanes) is 36. The summed E-state index contributed by atoms with van der Waals surface area (Å²) in [5, 5.41) is 10.5. The van der Waals surface area contributed by atoms with Crippen LogP contribution in [0.5, 0.6) is 0 Å². The highest BCUT2D eigenvalue weighted by Crippen LogP contribution is 2.45. The van der Waals surface area contributed by atoms with E-state index in [0.29, 0.717) is 25.7 Å². The molecule has 19 heteroatoms. The lowest BCUT2D eigenvalue weighted by molar-refractivity contribution is -0.161. The summed E-state index contributed by atoms with van der Waals surface area (Å²) < 4.78 is 67.9. The number of esters is 4. The van der Waals surface area contributed by atoms with Crippen molar-refractivity contribution in [2.45, 2.75) is 342 Å². The van der Waals surface area contributed by atoms with Gasteiger partial charge >= 0.3 is 39.5 Å². The number of phosphoric ester groups is 2. The number of rotatable bonds is 64. The van der Waals surface area contributed by atoms with Gasteiger partial charge in [0.15, 0.2) is 12.2 Å². The smallest absolute Gasteiger partial charge is 0.462 e. The van der Waals surface area contributed by atoms with Crippen LogP contribution in [-0.4, -0.2) is 96.7 Å². The maximum atomic E-state index is 13.0. The fourth-order valence-corrected chi connectivity index (χ4v) is 11.2. The van der Waals surface area contributed by atoms with Crippen LogP contribution in [0.25, 0.3) is 0 Å². The van der Waals surface area contributed by atoms with Crippen LogP contribution >= 0.6 is 15.6 Å². The molecular formula is C64H124O17P2. The van der Waals surface area contributed by atoms with Crippen LogP contribution in [0.1, 0.15) is 324 Å². The molecule has 0 bridgehead atoms. The minimum absolute atomic E-state index is 0.105. The zero-order valence-electron chi connectivity index (χ0n) is 53.3. The molecule has 0 aromatic rings. The second-order valence-electron chi connectivity index (χ2n) is 23.6. The highest BCUT2D eigenvalue weighted by atomic mass is 31.2. The third kappa shape index (κ3) is 58.8. The fourth-order valence-electron chi connectivity index (χ4n) is 9.58. The van der Waals surface area contributed by atoms with Gasteiger partial charge in [-0.2, -0.15) is 0 Å². The normalized spacial score (nSPS) is 14.2. The molecule has 83 heavy (non-hydrogen) atoms. The molecule has 5 atom stereocenters. The van der Waals surface area contributed by atoms with Crippen LogP contribution < -0.4 is 0 Å². The lowest BCUT2D eigenvalue weighted by Crippen LogP contribution is -2.30. The van der Waals surface area contributed by atoms with Gasteiger partial charge in [-0.05, 0) is 31.6 Å². The average molecular weight is 1230 g/mol. The first-order valence-electron chi connectivity index (χ1n) is 33.6. The van der Waals surface area contributed by atoms with Gasteiger partial charge < -0.3 is 33.8 Å². The minimum Gasteiger partial charge on any atom is -0.462 e. The first-order valence-corrected chi connectivity index (χ1v) is 36.6. The molecule has 0 amide bonds. The van der Waals surface area contributed by atoms with Crippen LogP contribution in [0.3, 0.4) is 0 Å². The standard InChI is InChI=1S/C64H124O17P2/c1-6-9-12-15-18-20-21-26-29-34-38-43-48-62(67)75-54-60(81-64(69)50-45-40-35-30-27-24-22-23-25-28-32-36-41-46-57(4)5)56-79-83(72,73)77-52-58(65)51-76-82(70,71)78-55-59(53-74-61(66)47-42-37-31-17-14-11-8-3)80-63(68)49-44-39-33-19-16-13-10-7-2/h57-60,65H,6-56H2,1-5H3,(H,70,71)(H,72,73)/t58-,59+,60+/m0/s1. The highest BCUT2D eigenvalue weighted by molar-refractivity contribution is 7.47. The van der Waals surface area contributed by atoms with Gasteiger partial charge in [-0.25, -0.2) is 9.13 Å². The Kier molecular flexibility index (Phi) is 56.4. The first-order chi connectivity index (χ1) is 40.0. The molecule has 0 saturated carbocycles. The van der Waals surface area contributed by atoms with E-state index >= 15 is 0 Å². The number of aliphatic hydroxyl groups excluding tert-OH is 1. The van der Waals surface area contributed by atoms with Gasteiger partial charge in [0.25, 0.3) is 0 Å². The third-order valence-electron chi connectivity index (χ3n) is 14.8. The monoisotopic (exact) mass is 1230 g/mol. The van der Waals surface area contributed by atoms with Gasteiger partial charge in [0.2, 0.25) is 0 Å². The van der Waals surface area contributed by atoms with E-state index in [1.54, 1.807) is 0 Å². The quantitative estimate of drug-likeness (QED) is 0.0222. The molecule has 0 aromatic carbocycles. The Labute approximate surface area is 505 Å². The minimum atomic E-state index is -4.94. The van der Waals surface area contributed by atoms with Crippen molar-refractivity contribution in [2.75, 3.05) is 39.6 Å². The van der Waals surface area contributed by atoms with Crippen molar-refractivity contribution in [3.05, 3.63) is 0 Å². The summed E-state index contributed by atoms with van der Waals surface area (Å²) in [6, 6.07) is 0. The van der Waals surface area contributed by atoms with Gasteiger partial charge in [-0.15, -0.1) is 0 Å². The Morgan fingerprint density at radius 3 is 0.819 bits per heavy atom. The molecule has 0 aliphatic heterocycles. The van der Waals surface area contributed by atoms with Crippen molar-refractivity contribution in [1.82, 2.24) is 0 Å². The predicted octanol–water partition coefficient (Wildman–Crippen LogP) is 17.8. The van der Waals surface area contributed by atoms with E-state index in [2.05, 4.69) is 34.6 Å². The molecule has 0 fully saturated rings. The van der Waals surface area contributed by atoms with E-state index in [9.17, 15) is 43.2 Å². The Morgan fingerprint density at radius 2 is 0.554 bits per heavy atom. The molecule has 0 spiro atoms. The Balaban J connectivity index is 5.18. The van der Waals surface area contributed by atoms with E-state index in [1.165, 1.54) is 128 Å². The maximum absolute atomic E-state index is 13.0. The van der Waals surface area contributed by atoms with Gasteiger partial charge in [0.05, 0.1) is 26.4 Å². The number of carbonyl (C=O) groups is 4. The molecular weight excluding hydrogens is 1100 g/mol. The van der Waals surface area contributed by atoms with Crippen molar-refractivity contribution >= 4 is 39.5 Å². The molecule has 492 valence electrons. The Morgan fingerprint density at radius 1 is 0.325 bits per heavy atom. The zero-order chi connectivity index (χ0) is 61.3. The summed E-state index contributed by atoms with van der Waals surface area (Å²) >= 11 is 0. The summed E-state index contributed by atoms with van der Waals surface area (Å²) in [6.45, 7) is 7.15. The molecule has 17 nitrogen and oxygen atoms in total. The molecule has 3 N–H and O–H groups in total. The van der Waals surface area contributed by atoms with Crippen LogP contribution in [0, 0.1) is 5.92 Å². The summed E-state index contributed by atoms with van der Waals surface area (Å²) in [5.41, 5.74) is 0. The molecule has 0 aliphatic rings.